The number of nitrogens with one attached hydrogen (secondary N) is 1. The number of nitrogens with two attached hydrogens (primary N) is 1. The molecule has 140 valence electrons. The summed E-state index contributed by atoms with van der Waals surface area (Å²) >= 11 is 7.40. The molecule has 1 saturated carbocycles. The average molecular weight is 404 g/mol. The van der Waals surface area contributed by atoms with Gasteiger partial charge in [-0.15, -0.1) is 5.10 Å². The van der Waals surface area contributed by atoms with Crippen LogP contribution in [0.15, 0.2) is 29.4 Å². The third kappa shape index (κ3) is 4.45. The summed E-state index contributed by atoms with van der Waals surface area (Å²) < 4.78 is 1.91. The number of anilines is 3. The Balaban J connectivity index is 1.46. The molecule has 2 aromatic heterocycles. The second-order valence-corrected chi connectivity index (χ2v) is 7.58. The first kappa shape index (κ1) is 17.9. The van der Waals surface area contributed by atoms with E-state index in [0.29, 0.717) is 28.6 Å². The third-order valence-electron chi connectivity index (χ3n) is 4.26. The summed E-state index contributed by atoms with van der Waals surface area (Å²) in [5.41, 5.74) is 6.65. The minimum absolute atomic E-state index is 0.160. The maximum Gasteiger partial charge on any atom is 0.232 e. The molecule has 0 spiro atoms. The van der Waals surface area contributed by atoms with Crippen LogP contribution in [0, 0.1) is 0 Å². The van der Waals surface area contributed by atoms with Crippen LogP contribution in [0.25, 0.3) is 0 Å². The minimum atomic E-state index is 0.160. The van der Waals surface area contributed by atoms with Crippen molar-refractivity contribution in [3.05, 3.63) is 35.1 Å². The van der Waals surface area contributed by atoms with Crippen LogP contribution in [0.4, 0.5) is 17.6 Å². The van der Waals surface area contributed by atoms with Gasteiger partial charge in [-0.05, 0) is 47.5 Å². The van der Waals surface area contributed by atoms with Crippen molar-refractivity contribution in [2.24, 2.45) is 0 Å². The number of benzene rings is 1. The van der Waals surface area contributed by atoms with Gasteiger partial charge in [-0.1, -0.05) is 36.2 Å². The molecule has 9 nitrogen and oxygen atoms in total. The summed E-state index contributed by atoms with van der Waals surface area (Å²) in [6, 6.07) is 7.63. The third-order valence-corrected chi connectivity index (χ3v) is 5.44. The molecular formula is C16H18ClN9S. The molecule has 3 aromatic rings. The van der Waals surface area contributed by atoms with E-state index in [1.165, 1.54) is 24.6 Å². The van der Waals surface area contributed by atoms with E-state index in [2.05, 4.69) is 35.8 Å². The second-order valence-electron chi connectivity index (χ2n) is 6.20. The highest BCUT2D eigenvalue weighted by molar-refractivity contribution is 7.98. The summed E-state index contributed by atoms with van der Waals surface area (Å²) in [7, 11) is 0. The molecule has 1 aliphatic carbocycles. The van der Waals surface area contributed by atoms with Crippen LogP contribution in [-0.4, -0.2) is 35.2 Å². The zero-order valence-electron chi connectivity index (χ0n) is 14.4. The molecule has 27 heavy (non-hydrogen) atoms. The first-order valence-electron chi connectivity index (χ1n) is 8.61. The topological polar surface area (TPSA) is 120 Å². The lowest BCUT2D eigenvalue weighted by Crippen LogP contribution is -2.09. The van der Waals surface area contributed by atoms with Crippen molar-refractivity contribution in [3.8, 4) is 0 Å². The molecule has 0 amide bonds. The summed E-state index contributed by atoms with van der Waals surface area (Å²) in [5.74, 6) is 1.60. The molecule has 3 N–H and O–H groups in total. The maximum atomic E-state index is 5.91. The van der Waals surface area contributed by atoms with Gasteiger partial charge in [0.1, 0.15) is 5.82 Å². The van der Waals surface area contributed by atoms with Gasteiger partial charge in [0, 0.05) is 10.7 Å². The van der Waals surface area contributed by atoms with Crippen molar-refractivity contribution in [2.75, 3.05) is 11.1 Å². The highest BCUT2D eigenvalue weighted by Gasteiger charge is 2.21. The molecule has 0 atom stereocenters. The normalized spacial score (nSPS) is 14.6. The Hall–Kier alpha value is -2.46. The maximum absolute atomic E-state index is 5.91. The van der Waals surface area contributed by atoms with Gasteiger partial charge in [0.25, 0.3) is 0 Å². The van der Waals surface area contributed by atoms with Crippen molar-refractivity contribution in [1.29, 1.82) is 0 Å². The van der Waals surface area contributed by atoms with E-state index in [1.54, 1.807) is 12.1 Å². The van der Waals surface area contributed by atoms with Gasteiger partial charge in [-0.25, -0.2) is 4.68 Å². The van der Waals surface area contributed by atoms with Crippen LogP contribution in [0.2, 0.25) is 5.02 Å². The second kappa shape index (κ2) is 8.05. The minimum Gasteiger partial charge on any atom is -0.368 e. The molecule has 0 radical (unpaired) electrons. The zero-order chi connectivity index (χ0) is 18.6. The fourth-order valence-electron chi connectivity index (χ4n) is 3.01. The Morgan fingerprint density at radius 2 is 1.93 bits per heavy atom. The van der Waals surface area contributed by atoms with E-state index in [9.17, 15) is 0 Å². The number of tetrazole rings is 1. The molecular weight excluding hydrogens is 386 g/mol. The predicted octanol–water partition coefficient (Wildman–Crippen LogP) is 3.24. The fraction of sp³-hybridized carbons (Fsp3) is 0.375. The summed E-state index contributed by atoms with van der Waals surface area (Å²) in [6.45, 7) is 0. The lowest BCUT2D eigenvalue weighted by Gasteiger charge is -2.11. The molecule has 11 heteroatoms. The van der Waals surface area contributed by atoms with Crippen molar-refractivity contribution < 1.29 is 0 Å². The van der Waals surface area contributed by atoms with Gasteiger partial charge in [0.2, 0.25) is 17.1 Å². The molecule has 4 rings (SSSR count). The summed E-state index contributed by atoms with van der Waals surface area (Å²) in [6.07, 6.45) is 4.68. The number of halogens is 1. The highest BCUT2D eigenvalue weighted by atomic mass is 35.5. The number of hydrogen-bond donors (Lipinski definition) is 2. The van der Waals surface area contributed by atoms with Gasteiger partial charge in [0.05, 0.1) is 11.8 Å². The number of nitrogens with zero attached hydrogens (tertiary/aromatic N) is 7. The van der Waals surface area contributed by atoms with Gasteiger partial charge < -0.3 is 11.1 Å². The first-order chi connectivity index (χ1) is 13.2. The van der Waals surface area contributed by atoms with E-state index < -0.39 is 0 Å². The number of hydrogen-bond acceptors (Lipinski definition) is 9. The van der Waals surface area contributed by atoms with Gasteiger partial charge in [-0.2, -0.15) is 15.0 Å². The fourth-order valence-corrected chi connectivity index (χ4v) is 3.93. The van der Waals surface area contributed by atoms with Gasteiger partial charge in [0.15, 0.2) is 0 Å². The predicted molar refractivity (Wildman–Crippen MR) is 104 cm³/mol. The van der Waals surface area contributed by atoms with E-state index in [4.69, 9.17) is 17.3 Å². The number of thioether (sulfide) groups is 1. The first-order valence-corrected chi connectivity index (χ1v) is 9.97. The summed E-state index contributed by atoms with van der Waals surface area (Å²) in [5, 5.41) is 16.6. The highest BCUT2D eigenvalue weighted by Crippen LogP contribution is 2.32. The smallest absolute Gasteiger partial charge is 0.232 e. The largest absolute Gasteiger partial charge is 0.368 e. The SMILES string of the molecule is Nc1nc(CSc2nnnn2C2CCCC2)nc(Nc2ccc(Cl)cc2)n1. The van der Waals surface area contributed by atoms with Crippen LogP contribution in [0.3, 0.4) is 0 Å². The van der Waals surface area contributed by atoms with E-state index in [1.807, 2.05) is 16.8 Å². The Labute approximate surface area is 165 Å². The number of aromatic nitrogens is 7. The molecule has 1 aromatic carbocycles. The van der Waals surface area contributed by atoms with Crippen LogP contribution in [0.1, 0.15) is 37.5 Å². The van der Waals surface area contributed by atoms with Crippen molar-refractivity contribution in [1.82, 2.24) is 35.2 Å². The van der Waals surface area contributed by atoms with Gasteiger partial charge >= 0.3 is 0 Å². The van der Waals surface area contributed by atoms with Crippen molar-refractivity contribution >= 4 is 40.9 Å². The zero-order valence-corrected chi connectivity index (χ0v) is 16.0. The van der Waals surface area contributed by atoms with Crippen LogP contribution in [-0.2, 0) is 5.75 Å². The molecule has 1 fully saturated rings. The van der Waals surface area contributed by atoms with Crippen molar-refractivity contribution in [3.63, 3.8) is 0 Å². The molecule has 2 heterocycles. The molecule has 1 aliphatic rings. The molecule has 0 unspecified atom stereocenters. The Morgan fingerprint density at radius 1 is 1.15 bits per heavy atom. The standard InChI is InChI=1S/C16H18ClN9S/c17-10-5-7-11(8-6-10)19-15-21-13(20-14(18)22-15)9-27-16-23-24-25-26(16)12-3-1-2-4-12/h5-8,12H,1-4,9H2,(H3,18,19,20,21,22). The van der Waals surface area contributed by atoms with Crippen LogP contribution >= 0.6 is 23.4 Å². The summed E-state index contributed by atoms with van der Waals surface area (Å²) in [4.78, 5) is 12.8. The molecule has 0 bridgehead atoms. The molecule has 0 aliphatic heterocycles. The van der Waals surface area contributed by atoms with E-state index in [0.717, 1.165) is 23.7 Å². The number of rotatable bonds is 6. The monoisotopic (exact) mass is 403 g/mol. The lowest BCUT2D eigenvalue weighted by molar-refractivity contribution is 0.423. The lowest BCUT2D eigenvalue weighted by atomic mass is 10.3. The Morgan fingerprint density at radius 3 is 2.70 bits per heavy atom. The van der Waals surface area contributed by atoms with E-state index >= 15 is 0 Å². The van der Waals surface area contributed by atoms with Crippen LogP contribution in [0.5, 0.6) is 0 Å². The molecule has 0 saturated heterocycles. The van der Waals surface area contributed by atoms with Gasteiger partial charge in [-0.3, -0.25) is 0 Å². The average Bonchev–Trinajstić information content (AvgIpc) is 3.32. The quantitative estimate of drug-likeness (QED) is 0.597. The Bertz CT molecular complexity index is 909. The van der Waals surface area contributed by atoms with Crippen molar-refractivity contribution in [2.45, 2.75) is 42.6 Å². The van der Waals surface area contributed by atoms with E-state index in [-0.39, 0.29) is 5.95 Å². The number of nitrogen functional groups attached to an aromatic ring is 1. The Kier molecular flexibility index (Phi) is 5.35. The van der Waals surface area contributed by atoms with Crippen LogP contribution < -0.4 is 11.1 Å².